The minimum atomic E-state index is -0.286. The Labute approximate surface area is 111 Å². The van der Waals surface area contributed by atoms with Gasteiger partial charge in [0.2, 0.25) is 0 Å². The molecular weight excluding hydrogens is 246 g/mol. The summed E-state index contributed by atoms with van der Waals surface area (Å²) in [5.74, 6) is 0.464. The number of ether oxygens (including phenoxy) is 1. The minimum Gasteiger partial charge on any atom is -0.457 e. The summed E-state index contributed by atoms with van der Waals surface area (Å²) in [4.78, 5) is 0. The Hall–Kier alpha value is -1.90. The van der Waals surface area contributed by atoms with E-state index in [9.17, 15) is 8.78 Å². The molecule has 19 heavy (non-hydrogen) atoms. The molecule has 0 radical (unpaired) electrons. The van der Waals surface area contributed by atoms with Gasteiger partial charge in [0.1, 0.15) is 23.1 Å². The minimum absolute atomic E-state index is 0.127. The first-order chi connectivity index (χ1) is 8.97. The van der Waals surface area contributed by atoms with Gasteiger partial charge in [-0.2, -0.15) is 0 Å². The van der Waals surface area contributed by atoms with Gasteiger partial charge in [-0.05, 0) is 48.2 Å². The van der Waals surface area contributed by atoms with E-state index in [-0.39, 0.29) is 17.6 Å². The maximum absolute atomic E-state index is 13.8. The van der Waals surface area contributed by atoms with Gasteiger partial charge in [-0.1, -0.05) is 19.9 Å². The molecule has 2 aromatic carbocycles. The topological polar surface area (TPSA) is 9.23 Å². The summed E-state index contributed by atoms with van der Waals surface area (Å²) in [6.07, 6.45) is 0. The fourth-order valence-corrected chi connectivity index (χ4v) is 1.86. The van der Waals surface area contributed by atoms with Gasteiger partial charge >= 0.3 is 0 Å². The van der Waals surface area contributed by atoms with E-state index in [1.54, 1.807) is 25.1 Å². The lowest BCUT2D eigenvalue weighted by Gasteiger charge is -2.10. The van der Waals surface area contributed by atoms with Crippen LogP contribution >= 0.6 is 0 Å². The van der Waals surface area contributed by atoms with Gasteiger partial charge in [0.05, 0.1) is 0 Å². The van der Waals surface area contributed by atoms with E-state index in [0.29, 0.717) is 22.6 Å². The molecule has 0 aliphatic carbocycles. The van der Waals surface area contributed by atoms with Crippen LogP contribution in [0.1, 0.15) is 30.9 Å². The molecule has 0 saturated heterocycles. The lowest BCUT2D eigenvalue weighted by atomic mass is 10.0. The van der Waals surface area contributed by atoms with Crippen LogP contribution in [0.5, 0.6) is 11.5 Å². The molecule has 0 amide bonds. The standard InChI is InChI=1S/C16H16F2O/c1-10(2)14-6-4-13(9-16(14)18)19-12-5-7-15(17)11(3)8-12/h4-10H,1-3H3. The molecule has 0 fully saturated rings. The second kappa shape index (κ2) is 5.39. The molecule has 0 aliphatic rings. The summed E-state index contributed by atoms with van der Waals surface area (Å²) in [6, 6.07) is 9.24. The van der Waals surface area contributed by atoms with Crippen LogP contribution < -0.4 is 4.74 Å². The monoisotopic (exact) mass is 262 g/mol. The van der Waals surface area contributed by atoms with Crippen molar-refractivity contribution in [1.29, 1.82) is 0 Å². The molecule has 0 spiro atoms. The van der Waals surface area contributed by atoms with Gasteiger partial charge in [-0.15, -0.1) is 0 Å². The molecule has 2 aromatic rings. The number of rotatable bonds is 3. The second-order valence-electron chi connectivity index (χ2n) is 4.85. The van der Waals surface area contributed by atoms with Gasteiger partial charge in [0.25, 0.3) is 0 Å². The average Bonchev–Trinajstić information content (AvgIpc) is 2.33. The lowest BCUT2D eigenvalue weighted by molar-refractivity contribution is 0.472. The van der Waals surface area contributed by atoms with Crippen LogP contribution in [0.4, 0.5) is 8.78 Å². The third-order valence-electron chi connectivity index (χ3n) is 2.96. The number of halogens is 2. The van der Waals surface area contributed by atoms with E-state index in [2.05, 4.69) is 0 Å². The molecule has 0 unspecified atom stereocenters. The van der Waals surface area contributed by atoms with Crippen molar-refractivity contribution in [2.75, 3.05) is 0 Å². The third kappa shape index (κ3) is 3.11. The zero-order chi connectivity index (χ0) is 14.0. The number of benzene rings is 2. The highest BCUT2D eigenvalue weighted by Gasteiger charge is 2.08. The molecule has 0 heterocycles. The van der Waals surface area contributed by atoms with Crippen LogP contribution in [0.2, 0.25) is 0 Å². The van der Waals surface area contributed by atoms with Crippen molar-refractivity contribution in [3.8, 4) is 11.5 Å². The summed E-state index contributed by atoms with van der Waals surface area (Å²) in [6.45, 7) is 5.52. The van der Waals surface area contributed by atoms with Crippen molar-refractivity contribution < 1.29 is 13.5 Å². The Morgan fingerprint density at radius 1 is 0.895 bits per heavy atom. The van der Waals surface area contributed by atoms with E-state index in [0.717, 1.165) is 0 Å². The molecule has 0 saturated carbocycles. The van der Waals surface area contributed by atoms with Crippen LogP contribution in [0.25, 0.3) is 0 Å². The molecular formula is C16H16F2O. The summed E-state index contributed by atoms with van der Waals surface area (Å²) < 4.78 is 32.5. The van der Waals surface area contributed by atoms with Crippen molar-refractivity contribution in [2.24, 2.45) is 0 Å². The molecule has 1 nitrogen and oxygen atoms in total. The molecule has 100 valence electrons. The van der Waals surface area contributed by atoms with Gasteiger partial charge in [-0.25, -0.2) is 8.78 Å². The maximum Gasteiger partial charge on any atom is 0.130 e. The van der Waals surface area contributed by atoms with Crippen molar-refractivity contribution in [3.05, 3.63) is 59.2 Å². The van der Waals surface area contributed by atoms with Crippen LogP contribution in [0.15, 0.2) is 36.4 Å². The SMILES string of the molecule is Cc1cc(Oc2ccc(C(C)C)c(F)c2)ccc1F. The summed E-state index contributed by atoms with van der Waals surface area (Å²) in [5.41, 5.74) is 1.15. The van der Waals surface area contributed by atoms with Crippen LogP contribution in [0, 0.1) is 18.6 Å². The molecule has 0 aromatic heterocycles. The largest absolute Gasteiger partial charge is 0.457 e. The Kier molecular flexibility index (Phi) is 3.84. The zero-order valence-electron chi connectivity index (χ0n) is 11.2. The second-order valence-corrected chi connectivity index (χ2v) is 4.85. The highest BCUT2D eigenvalue weighted by molar-refractivity contribution is 5.36. The normalized spacial score (nSPS) is 10.8. The molecule has 3 heteroatoms. The van der Waals surface area contributed by atoms with Crippen molar-refractivity contribution >= 4 is 0 Å². The van der Waals surface area contributed by atoms with Gasteiger partial charge in [0, 0.05) is 6.07 Å². The maximum atomic E-state index is 13.8. The number of hydrogen-bond acceptors (Lipinski definition) is 1. The first kappa shape index (κ1) is 13.5. The van der Waals surface area contributed by atoms with E-state index < -0.39 is 0 Å². The average molecular weight is 262 g/mol. The zero-order valence-corrected chi connectivity index (χ0v) is 11.2. The Bertz CT molecular complexity index is 591. The van der Waals surface area contributed by atoms with Gasteiger partial charge < -0.3 is 4.74 Å². The van der Waals surface area contributed by atoms with Gasteiger partial charge in [0.15, 0.2) is 0 Å². The quantitative estimate of drug-likeness (QED) is 0.739. The molecule has 0 aliphatic heterocycles. The Morgan fingerprint density at radius 2 is 1.53 bits per heavy atom. The molecule has 0 bridgehead atoms. The fourth-order valence-electron chi connectivity index (χ4n) is 1.86. The van der Waals surface area contributed by atoms with Crippen LogP contribution in [-0.4, -0.2) is 0 Å². The smallest absolute Gasteiger partial charge is 0.130 e. The number of hydrogen-bond donors (Lipinski definition) is 0. The van der Waals surface area contributed by atoms with Crippen LogP contribution in [-0.2, 0) is 0 Å². The highest BCUT2D eigenvalue weighted by atomic mass is 19.1. The first-order valence-electron chi connectivity index (χ1n) is 6.21. The predicted octanol–water partition coefficient (Wildman–Crippen LogP) is 5.19. The van der Waals surface area contributed by atoms with Crippen LogP contribution in [0.3, 0.4) is 0 Å². The molecule has 0 N–H and O–H groups in total. The fraction of sp³-hybridized carbons (Fsp3) is 0.250. The Balaban J connectivity index is 2.24. The van der Waals surface area contributed by atoms with Gasteiger partial charge in [-0.3, -0.25) is 0 Å². The predicted molar refractivity (Wildman–Crippen MR) is 71.7 cm³/mol. The van der Waals surface area contributed by atoms with Crippen molar-refractivity contribution in [1.82, 2.24) is 0 Å². The van der Waals surface area contributed by atoms with E-state index in [1.807, 2.05) is 13.8 Å². The van der Waals surface area contributed by atoms with E-state index in [4.69, 9.17) is 4.74 Å². The highest BCUT2D eigenvalue weighted by Crippen LogP contribution is 2.27. The van der Waals surface area contributed by atoms with E-state index in [1.165, 1.54) is 18.2 Å². The van der Waals surface area contributed by atoms with E-state index >= 15 is 0 Å². The first-order valence-corrected chi connectivity index (χ1v) is 6.21. The lowest BCUT2D eigenvalue weighted by Crippen LogP contribution is -1.94. The Morgan fingerprint density at radius 3 is 2.11 bits per heavy atom. The van der Waals surface area contributed by atoms with Crippen molar-refractivity contribution in [3.63, 3.8) is 0 Å². The van der Waals surface area contributed by atoms with Crippen molar-refractivity contribution in [2.45, 2.75) is 26.7 Å². The third-order valence-corrected chi connectivity index (χ3v) is 2.96. The summed E-state index contributed by atoms with van der Waals surface area (Å²) in [7, 11) is 0. The summed E-state index contributed by atoms with van der Waals surface area (Å²) in [5, 5.41) is 0. The molecule has 0 atom stereocenters. The molecule has 2 rings (SSSR count). The number of aryl methyl sites for hydroxylation is 1. The summed E-state index contributed by atoms with van der Waals surface area (Å²) >= 11 is 0.